The Hall–Kier alpha value is -2.97. The van der Waals surface area contributed by atoms with E-state index in [1.54, 1.807) is 13.1 Å². The second kappa shape index (κ2) is 6.78. The molecule has 0 spiro atoms. The van der Waals surface area contributed by atoms with Crippen LogP contribution in [-0.2, 0) is 11.3 Å². The highest BCUT2D eigenvalue weighted by Crippen LogP contribution is 2.34. The summed E-state index contributed by atoms with van der Waals surface area (Å²) in [7, 11) is 0. The Morgan fingerprint density at radius 3 is 3.00 bits per heavy atom. The van der Waals surface area contributed by atoms with Gasteiger partial charge in [0, 0.05) is 43.7 Å². The van der Waals surface area contributed by atoms with Crippen molar-refractivity contribution in [3.63, 3.8) is 0 Å². The van der Waals surface area contributed by atoms with Gasteiger partial charge >= 0.3 is 0 Å². The first kappa shape index (κ1) is 17.9. The predicted molar refractivity (Wildman–Crippen MR) is 114 cm³/mol. The first-order valence-corrected chi connectivity index (χ1v) is 10.9. The first-order valence-electron chi connectivity index (χ1n) is 10.1. The lowest BCUT2D eigenvalue weighted by atomic mass is 10.2. The van der Waals surface area contributed by atoms with Gasteiger partial charge in [0.05, 0.1) is 6.54 Å². The van der Waals surface area contributed by atoms with Crippen LogP contribution >= 0.6 is 11.3 Å². The molecule has 0 radical (unpaired) electrons. The molecule has 2 fully saturated rings. The number of amides is 1. The summed E-state index contributed by atoms with van der Waals surface area (Å²) in [5, 5.41) is 1.59. The third kappa shape index (κ3) is 3.03. The zero-order valence-corrected chi connectivity index (χ0v) is 17.3. The minimum atomic E-state index is 0.183. The molecule has 2 atom stereocenters. The summed E-state index contributed by atoms with van der Waals surface area (Å²) in [5.74, 6) is 1.85. The molecule has 3 aromatic heterocycles. The minimum Gasteiger partial charge on any atom is -0.460 e. The van der Waals surface area contributed by atoms with Crippen LogP contribution < -0.4 is 4.74 Å². The smallest absolute Gasteiger partial charge is 0.281 e. The molecule has 2 saturated heterocycles. The van der Waals surface area contributed by atoms with Gasteiger partial charge in [0.15, 0.2) is 0 Å². The quantitative estimate of drug-likeness (QED) is 0.496. The molecule has 2 aliphatic heterocycles. The van der Waals surface area contributed by atoms with E-state index in [0.717, 1.165) is 58.9 Å². The molecule has 4 aromatic rings. The van der Waals surface area contributed by atoms with Gasteiger partial charge < -0.3 is 14.1 Å². The van der Waals surface area contributed by atoms with Crippen LogP contribution in [0.25, 0.3) is 21.3 Å². The number of nitrogens with zero attached hydrogens (tertiary/aromatic N) is 4. The molecule has 0 aliphatic carbocycles. The lowest BCUT2D eigenvalue weighted by Gasteiger charge is -2.33. The maximum Gasteiger partial charge on any atom is 0.281 e. The number of piperazine rings is 1. The molecule has 30 heavy (non-hydrogen) atoms. The monoisotopic (exact) mass is 420 g/mol. The molecule has 2 aliphatic rings. The number of benzene rings is 1. The minimum absolute atomic E-state index is 0.183. The van der Waals surface area contributed by atoms with E-state index in [0.29, 0.717) is 17.3 Å². The standard InChI is InChI=1S/C22H20N4O3S/c1-13(27)26-11-15-9-16(26)10-25(15)12-18-8-14-7-17(4-5-20(14)28-18)29-22-24-19-3-2-6-23-21(19)30-22/h2-8,15-16H,9-12H2,1H3. The van der Waals surface area contributed by atoms with E-state index in [1.807, 2.05) is 35.2 Å². The molecule has 6 rings (SSSR count). The molecule has 8 heteroatoms. The Balaban J connectivity index is 1.19. The van der Waals surface area contributed by atoms with Crippen molar-refractivity contribution in [3.05, 3.63) is 48.4 Å². The van der Waals surface area contributed by atoms with Gasteiger partial charge in [0.1, 0.15) is 27.4 Å². The Kier molecular flexibility index (Phi) is 4.04. The zero-order chi connectivity index (χ0) is 20.2. The van der Waals surface area contributed by atoms with Gasteiger partial charge in [0.2, 0.25) is 5.91 Å². The molecule has 5 heterocycles. The van der Waals surface area contributed by atoms with Gasteiger partial charge in [-0.25, -0.2) is 9.97 Å². The molecule has 0 N–H and O–H groups in total. The van der Waals surface area contributed by atoms with E-state index < -0.39 is 0 Å². The summed E-state index contributed by atoms with van der Waals surface area (Å²) in [6.45, 7) is 4.17. The molecule has 2 bridgehead atoms. The van der Waals surface area contributed by atoms with Crippen molar-refractivity contribution < 1.29 is 13.9 Å². The fourth-order valence-corrected chi connectivity index (χ4v) is 5.42. The number of furan rings is 1. The summed E-state index contributed by atoms with van der Waals surface area (Å²) in [5.41, 5.74) is 1.69. The van der Waals surface area contributed by atoms with Crippen molar-refractivity contribution in [2.24, 2.45) is 0 Å². The number of rotatable bonds is 4. The average Bonchev–Trinajstić information content (AvgIpc) is 3.49. The number of carbonyl (C=O) groups is 1. The number of hydrogen-bond donors (Lipinski definition) is 0. The fourth-order valence-electron chi connectivity index (χ4n) is 4.64. The van der Waals surface area contributed by atoms with E-state index in [9.17, 15) is 4.79 Å². The summed E-state index contributed by atoms with van der Waals surface area (Å²) in [4.78, 5) is 25.8. The van der Waals surface area contributed by atoms with Crippen molar-refractivity contribution in [1.82, 2.24) is 19.8 Å². The van der Waals surface area contributed by atoms with Gasteiger partial charge in [-0.05, 0) is 42.8 Å². The highest BCUT2D eigenvalue weighted by Gasteiger charge is 2.44. The van der Waals surface area contributed by atoms with E-state index in [1.165, 1.54) is 11.3 Å². The number of pyridine rings is 1. The summed E-state index contributed by atoms with van der Waals surface area (Å²) in [6, 6.07) is 12.5. The van der Waals surface area contributed by atoms with Crippen molar-refractivity contribution >= 4 is 38.6 Å². The zero-order valence-electron chi connectivity index (χ0n) is 16.4. The van der Waals surface area contributed by atoms with Crippen LogP contribution in [0, 0.1) is 0 Å². The largest absolute Gasteiger partial charge is 0.460 e. The second-order valence-corrected chi connectivity index (χ2v) is 8.91. The third-order valence-electron chi connectivity index (χ3n) is 6.01. The van der Waals surface area contributed by atoms with Gasteiger partial charge in [0.25, 0.3) is 5.19 Å². The van der Waals surface area contributed by atoms with Crippen LogP contribution in [0.3, 0.4) is 0 Å². The molecule has 0 saturated carbocycles. The van der Waals surface area contributed by atoms with Gasteiger partial charge in [-0.1, -0.05) is 11.3 Å². The van der Waals surface area contributed by atoms with Crippen LogP contribution in [0.1, 0.15) is 19.1 Å². The van der Waals surface area contributed by atoms with Crippen molar-refractivity contribution in [1.29, 1.82) is 0 Å². The van der Waals surface area contributed by atoms with E-state index in [-0.39, 0.29) is 5.91 Å². The topological polar surface area (TPSA) is 71.7 Å². The van der Waals surface area contributed by atoms with E-state index in [2.05, 4.69) is 20.9 Å². The van der Waals surface area contributed by atoms with Crippen LogP contribution in [0.4, 0.5) is 0 Å². The van der Waals surface area contributed by atoms with Gasteiger partial charge in [-0.15, -0.1) is 0 Å². The molecular formula is C22H20N4O3S. The van der Waals surface area contributed by atoms with Crippen molar-refractivity contribution in [2.45, 2.75) is 32.0 Å². The predicted octanol–water partition coefficient (Wildman–Crippen LogP) is 4.03. The number of thiazole rings is 1. The molecule has 1 aromatic carbocycles. The summed E-state index contributed by atoms with van der Waals surface area (Å²) in [6.07, 6.45) is 2.82. The van der Waals surface area contributed by atoms with Crippen LogP contribution in [0.2, 0.25) is 0 Å². The Bertz CT molecular complexity index is 1230. The number of aromatic nitrogens is 2. The van der Waals surface area contributed by atoms with Gasteiger partial charge in [-0.3, -0.25) is 9.69 Å². The van der Waals surface area contributed by atoms with Gasteiger partial charge in [-0.2, -0.15) is 0 Å². The molecule has 1 amide bonds. The molecule has 152 valence electrons. The normalized spacial score (nSPS) is 21.2. The summed E-state index contributed by atoms with van der Waals surface area (Å²) >= 11 is 1.43. The Morgan fingerprint density at radius 2 is 2.20 bits per heavy atom. The highest BCUT2D eigenvalue weighted by molar-refractivity contribution is 7.19. The molecule has 7 nitrogen and oxygen atoms in total. The Morgan fingerprint density at radius 1 is 1.27 bits per heavy atom. The number of ether oxygens (including phenoxy) is 1. The van der Waals surface area contributed by atoms with E-state index >= 15 is 0 Å². The average molecular weight is 420 g/mol. The maximum absolute atomic E-state index is 11.7. The molecule has 2 unspecified atom stereocenters. The van der Waals surface area contributed by atoms with Crippen molar-refractivity contribution in [3.8, 4) is 10.9 Å². The van der Waals surface area contributed by atoms with E-state index in [4.69, 9.17) is 9.15 Å². The van der Waals surface area contributed by atoms with Crippen LogP contribution in [0.5, 0.6) is 10.9 Å². The lowest BCUT2D eigenvalue weighted by molar-refractivity contribution is -0.131. The SMILES string of the molecule is CC(=O)N1CC2CC1CN2Cc1cc2cc(Oc3nc4cccnc4s3)ccc2o1. The van der Waals surface area contributed by atoms with Crippen molar-refractivity contribution in [2.75, 3.05) is 13.1 Å². The lowest BCUT2D eigenvalue weighted by Crippen LogP contribution is -2.47. The highest BCUT2D eigenvalue weighted by atomic mass is 32.1. The second-order valence-electron chi connectivity index (χ2n) is 7.97. The number of hydrogen-bond acceptors (Lipinski definition) is 7. The van der Waals surface area contributed by atoms with Crippen LogP contribution in [-0.4, -0.2) is 50.8 Å². The first-order chi connectivity index (χ1) is 14.6. The number of fused-ring (bicyclic) bond motifs is 4. The molecular weight excluding hydrogens is 400 g/mol. The number of likely N-dealkylation sites (tertiary alicyclic amines) is 2. The number of carbonyl (C=O) groups excluding carboxylic acids is 1. The van der Waals surface area contributed by atoms with Crippen LogP contribution in [0.15, 0.2) is 47.0 Å². The Labute approximate surface area is 176 Å². The fraction of sp³-hybridized carbons (Fsp3) is 0.318. The third-order valence-corrected chi connectivity index (χ3v) is 6.87. The maximum atomic E-state index is 11.7. The summed E-state index contributed by atoms with van der Waals surface area (Å²) < 4.78 is 12.0.